The molecule has 1 aliphatic carbocycles. The van der Waals surface area contributed by atoms with E-state index in [4.69, 9.17) is 9.47 Å². The van der Waals surface area contributed by atoms with E-state index in [1.54, 1.807) is 25.7 Å². The topological polar surface area (TPSA) is 102 Å². The summed E-state index contributed by atoms with van der Waals surface area (Å²) in [6.07, 6.45) is -0.886. The van der Waals surface area contributed by atoms with Crippen LogP contribution in [0.4, 0.5) is 25.0 Å². The molecule has 2 saturated heterocycles. The summed E-state index contributed by atoms with van der Waals surface area (Å²) in [5.74, 6) is -2.25. The van der Waals surface area contributed by atoms with Crippen LogP contribution in [-0.4, -0.2) is 64.7 Å². The molecule has 12 heteroatoms. The third-order valence-corrected chi connectivity index (χ3v) is 6.41. The average molecular weight is 489 g/mol. The van der Waals surface area contributed by atoms with E-state index in [2.05, 4.69) is 4.18 Å². The second-order valence-corrected chi connectivity index (χ2v) is 11.3. The van der Waals surface area contributed by atoms with Gasteiger partial charge in [-0.25, -0.2) is 13.6 Å². The molecule has 0 N–H and O–H groups in total. The number of halogens is 2. The number of benzene rings is 1. The normalized spacial score (nSPS) is 26.9. The van der Waals surface area contributed by atoms with Gasteiger partial charge in [-0.05, 0) is 32.6 Å². The van der Waals surface area contributed by atoms with E-state index in [0.717, 1.165) is 23.3 Å². The fourth-order valence-electron chi connectivity index (χ4n) is 4.46. The summed E-state index contributed by atoms with van der Waals surface area (Å²) in [6.45, 7) is 5.53. The Balaban J connectivity index is 1.41. The maximum atomic E-state index is 14.9. The van der Waals surface area contributed by atoms with Gasteiger partial charge in [-0.2, -0.15) is 8.42 Å². The third kappa shape index (κ3) is 5.06. The fourth-order valence-corrected chi connectivity index (χ4v) is 4.86. The van der Waals surface area contributed by atoms with Gasteiger partial charge in [-0.1, -0.05) is 0 Å². The van der Waals surface area contributed by atoms with Crippen molar-refractivity contribution < 1.29 is 40.4 Å². The lowest BCUT2D eigenvalue weighted by atomic mass is 10.1. The molecule has 3 fully saturated rings. The number of carbonyl (C=O) groups excluding carboxylic acids is 2. The second-order valence-electron chi connectivity index (χ2n) is 9.65. The first-order valence-corrected chi connectivity index (χ1v) is 12.3. The van der Waals surface area contributed by atoms with Crippen molar-refractivity contribution >= 4 is 33.6 Å². The fraction of sp³-hybridized carbons (Fsp3) is 0.619. The first kappa shape index (κ1) is 23.7. The van der Waals surface area contributed by atoms with Gasteiger partial charge >= 0.3 is 12.1 Å². The molecule has 4 rings (SSSR count). The molecular formula is C21H26F2N2O7S. The highest BCUT2D eigenvalue weighted by Gasteiger charge is 2.61. The van der Waals surface area contributed by atoms with Crippen LogP contribution in [0.1, 0.15) is 20.8 Å². The zero-order chi connectivity index (χ0) is 24.3. The molecule has 1 unspecified atom stereocenters. The third-order valence-electron chi connectivity index (χ3n) is 5.84. The summed E-state index contributed by atoms with van der Waals surface area (Å²) in [6, 6.07) is 2.07. The number of anilines is 2. The van der Waals surface area contributed by atoms with Crippen LogP contribution in [0.15, 0.2) is 12.1 Å². The van der Waals surface area contributed by atoms with E-state index in [1.807, 2.05) is 0 Å². The molecule has 3 aliphatic rings. The number of cyclic esters (lactones) is 1. The van der Waals surface area contributed by atoms with E-state index < -0.39 is 39.6 Å². The molecule has 0 bridgehead atoms. The largest absolute Gasteiger partial charge is 0.460 e. The molecule has 2 heterocycles. The molecule has 182 valence electrons. The molecule has 33 heavy (non-hydrogen) atoms. The van der Waals surface area contributed by atoms with Crippen LogP contribution in [0.2, 0.25) is 0 Å². The van der Waals surface area contributed by atoms with Crippen LogP contribution in [0.25, 0.3) is 0 Å². The Morgan fingerprint density at radius 2 is 1.73 bits per heavy atom. The second kappa shape index (κ2) is 8.08. The van der Waals surface area contributed by atoms with Gasteiger partial charge in [0.15, 0.2) is 11.6 Å². The zero-order valence-electron chi connectivity index (χ0n) is 18.7. The van der Waals surface area contributed by atoms with Crippen molar-refractivity contribution in [2.24, 2.45) is 17.8 Å². The van der Waals surface area contributed by atoms with Crippen LogP contribution < -0.4 is 9.80 Å². The summed E-state index contributed by atoms with van der Waals surface area (Å²) in [7, 11) is -3.72. The van der Waals surface area contributed by atoms with Crippen molar-refractivity contribution in [3.05, 3.63) is 23.8 Å². The standard InChI is InChI=1S/C21H26F2N2O7S/c1-21(2,3)32-19(26)17-13-8-24(9-14(13)17)18-15(22)5-11(6-16(18)23)25-7-12(31-20(25)27)10-30-33(4,28)29/h5-6,12-14,17H,7-10H2,1-4H3/t12-,13-,14+,17?/m1/s1. The number of rotatable bonds is 6. The number of hydrogen-bond donors (Lipinski definition) is 0. The van der Waals surface area contributed by atoms with Gasteiger partial charge in [0.05, 0.1) is 24.4 Å². The maximum Gasteiger partial charge on any atom is 0.414 e. The van der Waals surface area contributed by atoms with Crippen LogP contribution >= 0.6 is 0 Å². The van der Waals surface area contributed by atoms with Gasteiger partial charge in [0.2, 0.25) is 0 Å². The predicted molar refractivity (Wildman–Crippen MR) is 113 cm³/mol. The van der Waals surface area contributed by atoms with Crippen molar-refractivity contribution in [3.8, 4) is 0 Å². The van der Waals surface area contributed by atoms with Crippen molar-refractivity contribution in [3.63, 3.8) is 0 Å². The first-order chi connectivity index (χ1) is 15.2. The maximum absolute atomic E-state index is 14.9. The van der Waals surface area contributed by atoms with Gasteiger partial charge in [0.1, 0.15) is 24.0 Å². The highest BCUT2D eigenvalue weighted by Crippen LogP contribution is 2.54. The molecule has 0 aromatic heterocycles. The summed E-state index contributed by atoms with van der Waals surface area (Å²) in [5, 5.41) is 0. The molecule has 9 nitrogen and oxygen atoms in total. The number of nitrogens with zero attached hydrogens (tertiary/aromatic N) is 2. The van der Waals surface area contributed by atoms with Crippen molar-refractivity contribution in [1.82, 2.24) is 0 Å². The summed E-state index contributed by atoms with van der Waals surface area (Å²) < 4.78 is 67.1. The quantitative estimate of drug-likeness (QED) is 0.444. The van der Waals surface area contributed by atoms with Crippen molar-refractivity contribution in [1.29, 1.82) is 0 Å². The number of fused-ring (bicyclic) bond motifs is 1. The monoisotopic (exact) mass is 488 g/mol. The molecule has 1 amide bonds. The molecule has 1 saturated carbocycles. The number of piperidine rings is 1. The lowest BCUT2D eigenvalue weighted by Crippen LogP contribution is -2.31. The van der Waals surface area contributed by atoms with E-state index in [1.165, 1.54) is 0 Å². The minimum absolute atomic E-state index is 0.0116. The van der Waals surface area contributed by atoms with Gasteiger partial charge < -0.3 is 14.4 Å². The van der Waals surface area contributed by atoms with Crippen molar-refractivity contribution in [2.45, 2.75) is 32.5 Å². The van der Waals surface area contributed by atoms with Crippen LogP contribution in [0, 0.1) is 29.4 Å². The Hall–Kier alpha value is -2.47. The number of hydrogen-bond acceptors (Lipinski definition) is 8. The Kier molecular flexibility index (Phi) is 5.80. The Morgan fingerprint density at radius 3 is 2.24 bits per heavy atom. The summed E-state index contributed by atoms with van der Waals surface area (Å²) in [5.41, 5.74) is -0.844. The number of carbonyl (C=O) groups is 2. The smallest absolute Gasteiger partial charge is 0.414 e. The Morgan fingerprint density at radius 1 is 1.15 bits per heavy atom. The van der Waals surface area contributed by atoms with E-state index in [-0.39, 0.29) is 48.2 Å². The molecule has 2 aliphatic heterocycles. The van der Waals surface area contributed by atoms with Crippen LogP contribution in [0.3, 0.4) is 0 Å². The molecule has 0 radical (unpaired) electrons. The predicted octanol–water partition coefficient (Wildman–Crippen LogP) is 2.29. The number of amides is 1. The van der Waals surface area contributed by atoms with Gasteiger partial charge in [0, 0.05) is 25.2 Å². The molecular weight excluding hydrogens is 462 g/mol. The molecule has 1 aromatic carbocycles. The molecule has 4 atom stereocenters. The van der Waals surface area contributed by atoms with Gasteiger partial charge in [-0.15, -0.1) is 0 Å². The lowest BCUT2D eigenvalue weighted by molar-refractivity contribution is -0.157. The van der Waals surface area contributed by atoms with E-state index in [0.29, 0.717) is 13.1 Å². The first-order valence-electron chi connectivity index (χ1n) is 10.5. The van der Waals surface area contributed by atoms with Crippen molar-refractivity contribution in [2.75, 3.05) is 42.3 Å². The Labute approximate surface area is 190 Å². The minimum atomic E-state index is -3.72. The Bertz CT molecular complexity index is 1050. The van der Waals surface area contributed by atoms with Gasteiger partial charge in [0.25, 0.3) is 10.1 Å². The van der Waals surface area contributed by atoms with Gasteiger partial charge in [-0.3, -0.25) is 13.9 Å². The van der Waals surface area contributed by atoms with E-state index >= 15 is 0 Å². The zero-order valence-corrected chi connectivity index (χ0v) is 19.5. The molecule has 1 aromatic rings. The highest BCUT2D eigenvalue weighted by atomic mass is 32.2. The minimum Gasteiger partial charge on any atom is -0.460 e. The summed E-state index contributed by atoms with van der Waals surface area (Å²) in [4.78, 5) is 27.0. The SMILES string of the molecule is CC(C)(C)OC(=O)C1[C@H]2CN(c3c(F)cc(N4C[C@H](COS(C)(=O)=O)OC4=O)cc3F)C[C@@H]12. The van der Waals surface area contributed by atoms with E-state index in [9.17, 15) is 26.8 Å². The van der Waals surface area contributed by atoms with Crippen LogP contribution in [0.5, 0.6) is 0 Å². The lowest BCUT2D eigenvalue weighted by Gasteiger charge is -2.25. The number of ether oxygens (including phenoxy) is 2. The average Bonchev–Trinajstić information content (AvgIpc) is 2.97. The van der Waals surface area contributed by atoms with Crippen LogP contribution in [-0.2, 0) is 28.6 Å². The molecule has 0 spiro atoms. The number of esters is 1. The highest BCUT2D eigenvalue weighted by molar-refractivity contribution is 7.85. The summed E-state index contributed by atoms with van der Waals surface area (Å²) >= 11 is 0.